The molecule has 0 unspecified atom stereocenters. The van der Waals surface area contributed by atoms with E-state index in [0.29, 0.717) is 27.5 Å². The first-order chi connectivity index (χ1) is 9.02. The smallest absolute Gasteiger partial charge is 0.193 e. The summed E-state index contributed by atoms with van der Waals surface area (Å²) in [5.41, 5.74) is 1.21. The zero-order valence-corrected chi connectivity index (χ0v) is 11.3. The highest BCUT2D eigenvalue weighted by Crippen LogP contribution is 2.26. The molecule has 0 aliphatic heterocycles. The molecule has 0 atom stereocenters. The number of ether oxygens (including phenoxy) is 1. The second-order valence-corrected chi connectivity index (χ2v) is 4.55. The monoisotopic (exact) mass is 278 g/mol. The van der Waals surface area contributed by atoms with Crippen molar-refractivity contribution in [3.63, 3.8) is 0 Å². The normalized spacial score (nSPS) is 10.3. The summed E-state index contributed by atoms with van der Waals surface area (Å²) in [6, 6.07) is 9.13. The lowest BCUT2D eigenvalue weighted by atomic mass is 10.0. The van der Waals surface area contributed by atoms with Crippen LogP contribution in [0.3, 0.4) is 0 Å². The number of hydrogen-bond acceptors (Lipinski definition) is 2. The second-order valence-electron chi connectivity index (χ2n) is 4.14. The zero-order chi connectivity index (χ0) is 14.0. The molecule has 0 radical (unpaired) electrons. The minimum Gasteiger partial charge on any atom is -0.495 e. The lowest BCUT2D eigenvalue weighted by Gasteiger charge is -2.06. The first-order valence-corrected chi connectivity index (χ1v) is 6.05. The molecule has 98 valence electrons. The maximum atomic E-state index is 13.5. The van der Waals surface area contributed by atoms with E-state index in [0.717, 1.165) is 0 Å². The van der Waals surface area contributed by atoms with Crippen LogP contribution >= 0.6 is 11.6 Å². The zero-order valence-electron chi connectivity index (χ0n) is 10.5. The summed E-state index contributed by atoms with van der Waals surface area (Å²) in [6.45, 7) is 1.65. The van der Waals surface area contributed by atoms with Crippen LogP contribution in [0.4, 0.5) is 4.39 Å². The van der Waals surface area contributed by atoms with E-state index in [1.807, 2.05) is 0 Å². The fraction of sp³-hybridized carbons (Fsp3) is 0.133. The van der Waals surface area contributed by atoms with Crippen LogP contribution < -0.4 is 4.74 Å². The van der Waals surface area contributed by atoms with Gasteiger partial charge in [-0.15, -0.1) is 0 Å². The molecular weight excluding hydrogens is 267 g/mol. The largest absolute Gasteiger partial charge is 0.495 e. The number of ketones is 1. The highest BCUT2D eigenvalue weighted by molar-refractivity contribution is 6.32. The first kappa shape index (κ1) is 13.6. The van der Waals surface area contributed by atoms with Gasteiger partial charge in [0.1, 0.15) is 11.6 Å². The van der Waals surface area contributed by atoms with Crippen molar-refractivity contribution in [3.8, 4) is 5.75 Å². The fourth-order valence-electron chi connectivity index (χ4n) is 1.70. The van der Waals surface area contributed by atoms with Gasteiger partial charge in [-0.2, -0.15) is 0 Å². The van der Waals surface area contributed by atoms with Gasteiger partial charge in [-0.3, -0.25) is 4.79 Å². The first-order valence-electron chi connectivity index (χ1n) is 5.67. The molecule has 0 fully saturated rings. The maximum Gasteiger partial charge on any atom is 0.193 e. The molecule has 0 saturated heterocycles. The highest BCUT2D eigenvalue weighted by atomic mass is 35.5. The maximum absolute atomic E-state index is 13.5. The minimum atomic E-state index is -0.397. The van der Waals surface area contributed by atoms with Crippen molar-refractivity contribution in [3.05, 3.63) is 63.9 Å². The Bertz CT molecular complexity index is 638. The van der Waals surface area contributed by atoms with E-state index in [2.05, 4.69) is 0 Å². The SMILES string of the molecule is COc1cc(C(=O)c2ccc(C)c(F)c2)ccc1Cl. The van der Waals surface area contributed by atoms with E-state index in [4.69, 9.17) is 16.3 Å². The Morgan fingerprint density at radius 2 is 1.79 bits per heavy atom. The van der Waals surface area contributed by atoms with Crippen LogP contribution in [0.15, 0.2) is 36.4 Å². The molecule has 0 bridgehead atoms. The summed E-state index contributed by atoms with van der Waals surface area (Å²) in [5.74, 6) is -0.249. The molecular formula is C15H12ClFO2. The lowest BCUT2D eigenvalue weighted by molar-refractivity contribution is 0.103. The topological polar surface area (TPSA) is 26.3 Å². The third kappa shape index (κ3) is 2.76. The van der Waals surface area contributed by atoms with Crippen molar-refractivity contribution in [1.29, 1.82) is 0 Å². The van der Waals surface area contributed by atoms with Crippen LogP contribution in [0.1, 0.15) is 21.5 Å². The van der Waals surface area contributed by atoms with Crippen LogP contribution in [-0.2, 0) is 0 Å². The summed E-state index contributed by atoms with van der Waals surface area (Å²) < 4.78 is 18.5. The number of methoxy groups -OCH3 is 1. The van der Waals surface area contributed by atoms with Gasteiger partial charge >= 0.3 is 0 Å². The average molecular weight is 279 g/mol. The predicted octanol–water partition coefficient (Wildman–Crippen LogP) is 4.03. The number of hydrogen-bond donors (Lipinski definition) is 0. The Morgan fingerprint density at radius 3 is 2.42 bits per heavy atom. The molecule has 2 nitrogen and oxygen atoms in total. The molecule has 2 rings (SSSR count). The van der Waals surface area contributed by atoms with Crippen LogP contribution in [0.2, 0.25) is 5.02 Å². The molecule has 0 saturated carbocycles. The van der Waals surface area contributed by atoms with E-state index in [1.165, 1.54) is 13.2 Å². The number of halogens is 2. The lowest BCUT2D eigenvalue weighted by Crippen LogP contribution is -2.03. The Balaban J connectivity index is 2.41. The second kappa shape index (κ2) is 5.41. The van der Waals surface area contributed by atoms with Crippen LogP contribution in [0, 0.1) is 12.7 Å². The van der Waals surface area contributed by atoms with Crippen molar-refractivity contribution in [2.24, 2.45) is 0 Å². The van der Waals surface area contributed by atoms with Crippen molar-refractivity contribution >= 4 is 17.4 Å². The summed E-state index contributed by atoms with van der Waals surface area (Å²) in [6.07, 6.45) is 0. The highest BCUT2D eigenvalue weighted by Gasteiger charge is 2.13. The summed E-state index contributed by atoms with van der Waals surface area (Å²) >= 11 is 5.90. The van der Waals surface area contributed by atoms with Crippen LogP contribution in [0.5, 0.6) is 5.75 Å². The van der Waals surface area contributed by atoms with Gasteiger partial charge in [0.05, 0.1) is 12.1 Å². The summed E-state index contributed by atoms with van der Waals surface area (Å²) in [7, 11) is 1.47. The average Bonchev–Trinajstić information content (AvgIpc) is 2.41. The van der Waals surface area contributed by atoms with Gasteiger partial charge in [-0.05, 0) is 36.8 Å². The van der Waals surface area contributed by atoms with Crippen molar-refractivity contribution in [1.82, 2.24) is 0 Å². The molecule has 2 aromatic rings. The number of aryl methyl sites for hydroxylation is 1. The van der Waals surface area contributed by atoms with Gasteiger partial charge in [0.25, 0.3) is 0 Å². The Hall–Kier alpha value is -1.87. The van der Waals surface area contributed by atoms with Gasteiger partial charge in [0, 0.05) is 11.1 Å². The number of carbonyl (C=O) groups excluding carboxylic acids is 1. The Labute approximate surface area is 115 Å². The predicted molar refractivity (Wildman–Crippen MR) is 72.6 cm³/mol. The standard InChI is InChI=1S/C15H12ClFO2/c1-9-3-4-10(7-13(9)17)15(18)11-5-6-12(16)14(8-11)19-2/h3-8H,1-2H3. The molecule has 19 heavy (non-hydrogen) atoms. The third-order valence-electron chi connectivity index (χ3n) is 2.85. The summed E-state index contributed by atoms with van der Waals surface area (Å²) in [5, 5.41) is 0.425. The molecule has 0 aliphatic carbocycles. The van der Waals surface area contributed by atoms with E-state index in [-0.39, 0.29) is 5.78 Å². The molecule has 0 spiro atoms. The molecule has 0 aliphatic rings. The third-order valence-corrected chi connectivity index (χ3v) is 3.16. The fourth-order valence-corrected chi connectivity index (χ4v) is 1.90. The van der Waals surface area contributed by atoms with Gasteiger partial charge in [-0.1, -0.05) is 23.7 Å². The van der Waals surface area contributed by atoms with Crippen molar-refractivity contribution in [2.75, 3.05) is 7.11 Å². The minimum absolute atomic E-state index is 0.270. The van der Waals surface area contributed by atoms with E-state index in [9.17, 15) is 9.18 Å². The Kier molecular flexibility index (Phi) is 3.86. The van der Waals surface area contributed by atoms with Crippen LogP contribution in [0.25, 0.3) is 0 Å². The van der Waals surface area contributed by atoms with Gasteiger partial charge in [-0.25, -0.2) is 4.39 Å². The molecule has 2 aromatic carbocycles. The van der Waals surface area contributed by atoms with Crippen molar-refractivity contribution in [2.45, 2.75) is 6.92 Å². The molecule has 4 heteroatoms. The molecule has 0 amide bonds. The van der Waals surface area contributed by atoms with Gasteiger partial charge in [0.15, 0.2) is 5.78 Å². The molecule has 0 N–H and O–H groups in total. The van der Waals surface area contributed by atoms with Crippen LogP contribution in [-0.4, -0.2) is 12.9 Å². The molecule has 0 heterocycles. The summed E-state index contributed by atoms with van der Waals surface area (Å²) in [4.78, 5) is 12.2. The molecule has 0 aromatic heterocycles. The number of benzene rings is 2. The van der Waals surface area contributed by atoms with E-state index >= 15 is 0 Å². The van der Waals surface area contributed by atoms with Gasteiger partial charge in [0.2, 0.25) is 0 Å². The quantitative estimate of drug-likeness (QED) is 0.793. The van der Waals surface area contributed by atoms with Crippen molar-refractivity contribution < 1.29 is 13.9 Å². The van der Waals surface area contributed by atoms with E-state index < -0.39 is 5.82 Å². The number of carbonyl (C=O) groups is 1. The van der Waals surface area contributed by atoms with Gasteiger partial charge < -0.3 is 4.74 Å². The van der Waals surface area contributed by atoms with E-state index in [1.54, 1.807) is 37.3 Å². The Morgan fingerprint density at radius 1 is 1.16 bits per heavy atom. The number of rotatable bonds is 3.